The maximum Gasteiger partial charge on any atom is 0.339 e. The molecule has 0 radical (unpaired) electrons. The van der Waals surface area contributed by atoms with Crippen LogP contribution in [-0.2, 0) is 31.5 Å². The molecule has 3 amide bonds. The second kappa shape index (κ2) is 53.9. The van der Waals surface area contributed by atoms with Gasteiger partial charge in [0.15, 0.2) is 5.65 Å². The number of anilines is 8. The summed E-state index contributed by atoms with van der Waals surface area (Å²) >= 11 is 13.6. The zero-order valence-corrected chi connectivity index (χ0v) is 74.6. The Hall–Kier alpha value is -13.6. The molecule has 0 bridgehead atoms. The van der Waals surface area contributed by atoms with Gasteiger partial charge in [0.2, 0.25) is 11.6 Å². The van der Waals surface area contributed by atoms with Crippen molar-refractivity contribution in [1.29, 1.82) is 10.5 Å². The minimum absolute atomic E-state index is 0.0571. The lowest BCUT2D eigenvalue weighted by Gasteiger charge is -2.14. The number of halogens is 4. The number of methoxy groups -OCH3 is 2. The number of amides is 3. The maximum atomic E-state index is 12.9. The molecule has 1 aliphatic heterocycles. The highest BCUT2D eigenvalue weighted by atomic mass is 127. The number of rotatable bonds is 15. The van der Waals surface area contributed by atoms with Gasteiger partial charge in [-0.3, -0.25) is 42.9 Å². The molecule has 644 valence electrons. The van der Waals surface area contributed by atoms with Gasteiger partial charge in [-0.05, 0) is 223 Å². The summed E-state index contributed by atoms with van der Waals surface area (Å²) in [5, 5.41) is 34.4. The molecule has 0 saturated heterocycles. The number of para-hydroxylation sites is 4. The van der Waals surface area contributed by atoms with E-state index in [0.29, 0.717) is 81.5 Å². The lowest BCUT2D eigenvalue weighted by Crippen LogP contribution is -2.25. The number of carboxylic acids is 1. The number of aromatic carboxylic acids is 1. The number of nitriles is 2. The largest absolute Gasteiger partial charge is 0.478 e. The van der Waals surface area contributed by atoms with Crippen LogP contribution in [0.15, 0.2) is 186 Å². The van der Waals surface area contributed by atoms with Crippen molar-refractivity contribution in [2.45, 2.75) is 127 Å². The van der Waals surface area contributed by atoms with Crippen LogP contribution in [0.4, 0.5) is 56.2 Å². The zero-order valence-electron chi connectivity index (χ0n) is 71.9. The number of benzene rings is 4. The van der Waals surface area contributed by atoms with E-state index in [-0.39, 0.29) is 75.7 Å². The van der Waals surface area contributed by atoms with E-state index in [1.807, 2.05) is 178 Å². The van der Waals surface area contributed by atoms with Crippen LogP contribution in [0, 0.1) is 91.5 Å². The van der Waals surface area contributed by atoms with Gasteiger partial charge >= 0.3 is 5.97 Å². The number of ketones is 1. The first-order chi connectivity index (χ1) is 58.9. The second-order valence-electron chi connectivity index (χ2n) is 26.7. The fourth-order valence-electron chi connectivity index (χ4n) is 10.7. The SMILES string of the molecule is COC(C)CC(C)=C(C#N)C#N.COC(C)CC(C)=O.Cc1ccccc1-n1c(CCl)nc2nccc(C)c2c1=O.Cc1ccccc1N.Cc1ccccc1NC(=O)c1c(C)ccnc1N.Cc1ccccc1NC(=O)c1c(C)ccnc1NC(=O)CCl.Cc1ccnc(N)c1C(=O)O.Nc1ncnc2c1C(I)=NC2.[2H]CF.[C-]#[N+]c1c(C)ccnc1N. The van der Waals surface area contributed by atoms with Crippen LogP contribution in [0.1, 0.15) is 140 Å². The average molecular weight is 1830 g/mol. The number of fused-ring (bicyclic) bond motifs is 2. The van der Waals surface area contributed by atoms with E-state index in [1.54, 1.807) is 89.3 Å². The number of nitrogen functional groups attached to an aromatic ring is 5. The fourth-order valence-corrected chi connectivity index (χ4v) is 11.7. The van der Waals surface area contributed by atoms with Crippen LogP contribution < -0.4 is 50.2 Å². The molecule has 123 heavy (non-hydrogen) atoms. The Balaban J connectivity index is 0.000000366. The number of hydrogen-bond donors (Lipinski definition) is 9. The first kappa shape index (κ1) is 102. The summed E-state index contributed by atoms with van der Waals surface area (Å²) in [6, 6.07) is 42.9. The van der Waals surface area contributed by atoms with Gasteiger partial charge in [-0.25, -0.2) is 44.5 Å². The standard InChI is InChI=1S/C16H16ClN3O2.C16H14ClN3O.C14H15N3O.C9H12N2O.C7H7N3.C7H8N2O2.C7H9N.C6H5IN4.C6H12O2.CH3F/c1-10-5-3-4-6-12(10)19-16(22)14-11(2)7-8-18-15(14)20-13(21)9-17;1-10-5-3-4-6-12(10)20-13(9-17)19-15-14(16(20)21)11(2)7-8-18-15;1-9-5-3-4-6-11(9)17-14(18)12-10(2)7-8-16-13(12)15;1-7(4-8(2)12-3)9(5-10)6-11;1-5-3-4-10-7(8)6(5)9-2;1-4-2-3-9-6(8)5(4)7(10)11;1-6-4-2-3-5-7(6)8;7-5-4-3(1-9-5)10-2-11-6(4)8;1-5(7)4-6(2)8-3;1-2/h3-8H,9H2,1-2H3,(H,19,22)(H,18,20,21);3-8H,9H2,1-2H3;3-8H,1-2H3,(H2,15,16)(H,17,18);8H,4H2,1-3H3;3-4H,1H3,(H2,8,10);2-3H,1H3,(H2,8,9)(H,10,11);2-5H,8H2,1H3;2H,1H2,(H2,8,10,11);6H,4H2,1-3H3;1H3/i;;;;;;;;;1D. The molecule has 0 fully saturated rings. The number of pyridine rings is 5. The molecular weight excluding hydrogens is 1720 g/mol. The molecule has 2 unspecified atom stereocenters. The van der Waals surface area contributed by atoms with E-state index in [4.69, 9.17) is 84.9 Å². The number of allylic oxidation sites excluding steroid dienone is 1. The van der Waals surface area contributed by atoms with Gasteiger partial charge in [0.05, 0.1) is 73.2 Å². The molecular formula is C89H101Cl2FIN21O9. The van der Waals surface area contributed by atoms with Crippen LogP contribution >= 0.6 is 45.8 Å². The molecule has 7 aromatic heterocycles. The number of Topliss-reactive ketones (excluding diaryl/α,β-unsaturated/α-hetero) is 1. The molecule has 0 aliphatic carbocycles. The molecule has 8 heterocycles. The lowest BCUT2D eigenvalue weighted by atomic mass is 10.1. The highest BCUT2D eigenvalue weighted by Crippen LogP contribution is 2.27. The van der Waals surface area contributed by atoms with Gasteiger partial charge < -0.3 is 59.2 Å². The number of carbonyl (C=O) groups is 5. The third kappa shape index (κ3) is 32.8. The number of nitrogens with zero attached hydrogens (tertiary/aromatic N) is 13. The summed E-state index contributed by atoms with van der Waals surface area (Å²) < 4.78 is 27.8. The molecule has 0 saturated carbocycles. The first-order valence-electron chi connectivity index (χ1n) is 38.0. The summed E-state index contributed by atoms with van der Waals surface area (Å²) in [4.78, 5) is 109. The van der Waals surface area contributed by atoms with Crippen LogP contribution in [0.2, 0.25) is 0 Å². The predicted molar refractivity (Wildman–Crippen MR) is 494 cm³/mol. The Morgan fingerprint density at radius 1 is 0.610 bits per heavy atom. The van der Waals surface area contributed by atoms with Gasteiger partial charge in [0.25, 0.3) is 17.4 Å². The van der Waals surface area contributed by atoms with Crippen LogP contribution in [-0.4, -0.2) is 122 Å². The number of alkyl halides is 3. The number of nitrogens with two attached hydrogens (primary N) is 5. The van der Waals surface area contributed by atoms with E-state index >= 15 is 0 Å². The molecule has 34 heteroatoms. The Labute approximate surface area is 740 Å². The van der Waals surface area contributed by atoms with Crippen LogP contribution in [0.25, 0.3) is 21.6 Å². The van der Waals surface area contributed by atoms with E-state index in [9.17, 15) is 33.2 Å². The normalized spacial score (nSPS) is 10.7. The van der Waals surface area contributed by atoms with E-state index in [2.05, 4.69) is 88.3 Å². The molecule has 12 rings (SSSR count). The first-order valence-corrected chi connectivity index (χ1v) is 39.4. The van der Waals surface area contributed by atoms with Crippen molar-refractivity contribution in [3.63, 3.8) is 0 Å². The molecule has 0 spiro atoms. The summed E-state index contributed by atoms with van der Waals surface area (Å²) in [7, 11) is 2.21. The van der Waals surface area contributed by atoms with Crippen molar-refractivity contribution in [1.82, 2.24) is 44.4 Å². The zero-order chi connectivity index (χ0) is 92.9. The summed E-state index contributed by atoms with van der Waals surface area (Å²) in [6.07, 6.45) is 10.6. The van der Waals surface area contributed by atoms with Gasteiger partial charge in [0.1, 0.15) is 79.9 Å². The molecule has 11 aromatic rings. The van der Waals surface area contributed by atoms with Crippen molar-refractivity contribution >= 4 is 142 Å². The molecule has 4 aromatic carbocycles. The van der Waals surface area contributed by atoms with Crippen LogP contribution in [0.5, 0.6) is 0 Å². The van der Waals surface area contributed by atoms with Crippen molar-refractivity contribution in [3.05, 3.63) is 281 Å². The number of aromatic nitrogens is 9. The molecule has 1 aliphatic rings. The maximum absolute atomic E-state index is 12.9. The van der Waals surface area contributed by atoms with Crippen LogP contribution in [0.3, 0.4) is 0 Å². The van der Waals surface area contributed by atoms with Gasteiger partial charge in [-0.2, -0.15) is 10.5 Å². The molecule has 30 nitrogen and oxygen atoms in total. The van der Waals surface area contributed by atoms with E-state index in [0.717, 1.165) is 76.6 Å². The highest BCUT2D eigenvalue weighted by Gasteiger charge is 2.22. The third-order valence-electron chi connectivity index (χ3n) is 17.5. The summed E-state index contributed by atoms with van der Waals surface area (Å²) in [6.45, 7) is 31.3. The minimum Gasteiger partial charge on any atom is -0.478 e. The molecule has 14 N–H and O–H groups in total. The summed E-state index contributed by atoms with van der Waals surface area (Å²) in [5.74, 6) is -0.00858. The second-order valence-corrected chi connectivity index (χ2v) is 28.2. The number of hydrogen-bond acceptors (Lipinski definition) is 24. The van der Waals surface area contributed by atoms with Crippen molar-refractivity contribution in [2.75, 3.05) is 71.9 Å². The highest BCUT2D eigenvalue weighted by molar-refractivity contribution is 14.1. The number of ether oxygens (including phenoxy) is 2. The number of carboxylic acid groups (broad SMARTS) is 1. The van der Waals surface area contributed by atoms with Gasteiger partial charge in [-0.15, -0.1) is 23.2 Å². The number of aliphatic imine (C=N–C) groups is 1. The number of nitrogens with one attached hydrogen (secondary N) is 3. The lowest BCUT2D eigenvalue weighted by molar-refractivity contribution is -0.119. The Morgan fingerprint density at radius 2 is 1.07 bits per heavy atom. The topological polar surface area (TPSA) is 480 Å². The Kier molecular flexibility index (Phi) is 44.6. The van der Waals surface area contributed by atoms with E-state index in [1.165, 1.54) is 18.7 Å². The van der Waals surface area contributed by atoms with Crippen molar-refractivity contribution < 1.29 is 44.3 Å². The predicted octanol–water partition coefficient (Wildman–Crippen LogP) is 16.7. The number of aryl methyl sites for hydroxylation is 9. The quantitative estimate of drug-likeness (QED) is 0.0151. The van der Waals surface area contributed by atoms with Crippen molar-refractivity contribution in [2.24, 2.45) is 4.99 Å². The summed E-state index contributed by atoms with van der Waals surface area (Å²) in [5.41, 5.74) is 43.2. The number of carbonyl (C=O) groups excluding carboxylic acids is 4. The monoisotopic (exact) mass is 1820 g/mol. The Morgan fingerprint density at radius 3 is 1.50 bits per heavy atom. The average Bonchev–Trinajstić information content (AvgIpc) is 0.888. The van der Waals surface area contributed by atoms with E-state index < -0.39 is 19.0 Å². The Bertz CT molecular complexity index is 5630. The molecule has 2 atom stereocenters. The third-order valence-corrected chi connectivity index (χ3v) is 18.9. The van der Waals surface area contributed by atoms with Gasteiger partial charge in [-0.1, -0.05) is 78.9 Å². The van der Waals surface area contributed by atoms with Gasteiger partial charge in [0, 0.05) is 68.7 Å². The van der Waals surface area contributed by atoms with Crippen molar-refractivity contribution in [3.8, 4) is 17.8 Å². The smallest absolute Gasteiger partial charge is 0.339 e. The minimum atomic E-state index is -1.03. The fraction of sp³-hybridized carbons (Fsp3) is 0.258.